The summed E-state index contributed by atoms with van der Waals surface area (Å²) in [6.07, 6.45) is 2.64. The van der Waals surface area contributed by atoms with Crippen LogP contribution in [0.3, 0.4) is 0 Å². The average Bonchev–Trinajstić information content (AvgIpc) is 2.93. The summed E-state index contributed by atoms with van der Waals surface area (Å²) in [5.41, 5.74) is 0.348. The third-order valence-electron chi connectivity index (χ3n) is 2.58. The van der Waals surface area contributed by atoms with Crippen LogP contribution >= 0.6 is 0 Å². The molecule has 0 fully saturated rings. The van der Waals surface area contributed by atoms with E-state index in [-0.39, 0.29) is 5.69 Å². The highest BCUT2D eigenvalue weighted by Crippen LogP contribution is 2.31. The Balaban J connectivity index is 2.32. The Hall–Kier alpha value is -2.89. The van der Waals surface area contributed by atoms with E-state index in [1.54, 1.807) is 30.3 Å². The lowest BCUT2D eigenvalue weighted by atomic mass is 10.1. The molecule has 0 bridgehead atoms. The molecule has 1 aromatic carbocycles. The lowest BCUT2D eigenvalue weighted by Crippen LogP contribution is -1.92. The molecule has 1 aromatic heterocycles. The first-order chi connectivity index (χ1) is 9.61. The van der Waals surface area contributed by atoms with Crippen LogP contribution in [-0.4, -0.2) is 18.0 Å². The van der Waals surface area contributed by atoms with Gasteiger partial charge in [-0.2, -0.15) is 0 Å². The van der Waals surface area contributed by atoms with E-state index in [9.17, 15) is 14.9 Å². The van der Waals surface area contributed by atoms with Gasteiger partial charge in [-0.15, -0.1) is 0 Å². The van der Waals surface area contributed by atoms with Gasteiger partial charge in [0.05, 0.1) is 17.6 Å². The van der Waals surface area contributed by atoms with Crippen LogP contribution in [0.4, 0.5) is 5.69 Å². The Morgan fingerprint density at radius 1 is 1.30 bits per heavy atom. The van der Waals surface area contributed by atoms with Crippen molar-refractivity contribution in [2.45, 2.75) is 0 Å². The van der Waals surface area contributed by atoms with Crippen LogP contribution in [0.5, 0.6) is 0 Å². The molecule has 0 aliphatic heterocycles. The van der Waals surface area contributed by atoms with Crippen molar-refractivity contribution in [1.82, 2.24) is 0 Å². The minimum atomic E-state index is -0.506. The number of rotatable bonds is 4. The Morgan fingerprint density at radius 2 is 2.05 bits per heavy atom. The van der Waals surface area contributed by atoms with Crippen LogP contribution in [0.25, 0.3) is 17.4 Å². The van der Waals surface area contributed by atoms with Gasteiger partial charge in [-0.05, 0) is 24.3 Å². The minimum Gasteiger partial charge on any atom is -0.466 e. The molecular weight excluding hydrogens is 262 g/mol. The number of nitro benzene ring substituents is 1. The van der Waals surface area contributed by atoms with Gasteiger partial charge in [0.2, 0.25) is 0 Å². The number of methoxy groups -OCH3 is 1. The highest BCUT2D eigenvalue weighted by Gasteiger charge is 2.16. The molecule has 6 heteroatoms. The number of furan rings is 1. The van der Waals surface area contributed by atoms with Crippen molar-refractivity contribution in [3.8, 4) is 11.3 Å². The molecule has 1 heterocycles. The highest BCUT2D eigenvalue weighted by atomic mass is 16.6. The van der Waals surface area contributed by atoms with Gasteiger partial charge in [-0.25, -0.2) is 4.79 Å². The number of nitro groups is 1. The third kappa shape index (κ3) is 2.92. The summed E-state index contributed by atoms with van der Waals surface area (Å²) >= 11 is 0. The second kappa shape index (κ2) is 5.83. The second-order valence-electron chi connectivity index (χ2n) is 3.83. The van der Waals surface area contributed by atoms with E-state index in [4.69, 9.17) is 4.42 Å². The first-order valence-electron chi connectivity index (χ1n) is 5.71. The van der Waals surface area contributed by atoms with E-state index >= 15 is 0 Å². The molecule has 2 rings (SSSR count). The standard InChI is InChI=1S/C14H11NO5/c1-19-14(16)9-7-10-6-8-13(20-10)11-4-2-3-5-12(11)15(17)18/h2-9H,1H3/b9-7+. The zero-order chi connectivity index (χ0) is 14.5. The van der Waals surface area contributed by atoms with Crippen LogP contribution in [0.2, 0.25) is 0 Å². The lowest BCUT2D eigenvalue weighted by molar-refractivity contribution is -0.384. The molecule has 6 nitrogen and oxygen atoms in total. The van der Waals surface area contributed by atoms with Gasteiger partial charge in [0.1, 0.15) is 11.5 Å². The Labute approximate surface area is 114 Å². The molecular formula is C14H11NO5. The van der Waals surface area contributed by atoms with Gasteiger partial charge in [-0.3, -0.25) is 10.1 Å². The molecule has 0 saturated heterocycles. The normalized spacial score (nSPS) is 10.7. The molecule has 0 atom stereocenters. The number of hydrogen-bond acceptors (Lipinski definition) is 5. The van der Waals surface area contributed by atoms with Gasteiger partial charge in [0, 0.05) is 12.1 Å². The van der Waals surface area contributed by atoms with Crippen LogP contribution < -0.4 is 0 Å². The number of nitrogens with zero attached hydrogens (tertiary/aromatic N) is 1. The van der Waals surface area contributed by atoms with E-state index in [2.05, 4.69) is 4.74 Å². The summed E-state index contributed by atoms with van der Waals surface area (Å²) in [5, 5.41) is 10.9. The maximum Gasteiger partial charge on any atom is 0.330 e. The summed E-state index contributed by atoms with van der Waals surface area (Å²) in [5.74, 6) is 0.263. The van der Waals surface area contributed by atoms with Gasteiger partial charge >= 0.3 is 5.97 Å². The average molecular weight is 273 g/mol. The Kier molecular flexibility index (Phi) is 3.95. The number of carbonyl (C=O) groups excluding carboxylic acids is 1. The lowest BCUT2D eigenvalue weighted by Gasteiger charge is -1.98. The Bertz CT molecular complexity index is 672. The quantitative estimate of drug-likeness (QED) is 0.370. The number of carbonyl (C=O) groups is 1. The fraction of sp³-hybridized carbons (Fsp3) is 0.0714. The predicted molar refractivity (Wildman–Crippen MR) is 71.8 cm³/mol. The summed E-state index contributed by atoms with van der Waals surface area (Å²) in [4.78, 5) is 21.4. The maximum absolute atomic E-state index is 11.0. The number of hydrogen-bond donors (Lipinski definition) is 0. The largest absolute Gasteiger partial charge is 0.466 e. The highest BCUT2D eigenvalue weighted by molar-refractivity contribution is 5.86. The molecule has 0 amide bonds. The predicted octanol–water partition coefficient (Wildman–Crippen LogP) is 3.04. The fourth-order valence-electron chi connectivity index (χ4n) is 1.65. The van der Waals surface area contributed by atoms with Crippen molar-refractivity contribution >= 4 is 17.7 Å². The summed E-state index contributed by atoms with van der Waals surface area (Å²) in [6.45, 7) is 0. The second-order valence-corrected chi connectivity index (χ2v) is 3.83. The number of ether oxygens (including phenoxy) is 1. The number of para-hydroxylation sites is 1. The van der Waals surface area contributed by atoms with E-state index < -0.39 is 10.9 Å². The van der Waals surface area contributed by atoms with Crippen molar-refractivity contribution in [3.05, 3.63) is 58.3 Å². The van der Waals surface area contributed by atoms with Gasteiger partial charge in [-0.1, -0.05) is 12.1 Å². The van der Waals surface area contributed by atoms with Gasteiger partial charge < -0.3 is 9.15 Å². The summed E-state index contributed by atoms with van der Waals surface area (Å²) in [6, 6.07) is 9.51. The molecule has 20 heavy (non-hydrogen) atoms. The topological polar surface area (TPSA) is 82.6 Å². The molecule has 102 valence electrons. The zero-order valence-electron chi connectivity index (χ0n) is 10.6. The van der Waals surface area contributed by atoms with Crippen LogP contribution in [-0.2, 0) is 9.53 Å². The Morgan fingerprint density at radius 3 is 2.75 bits per heavy atom. The molecule has 0 spiro atoms. The molecule has 0 unspecified atom stereocenters. The van der Waals surface area contributed by atoms with Crippen molar-refractivity contribution in [3.63, 3.8) is 0 Å². The molecule has 0 aliphatic carbocycles. The van der Waals surface area contributed by atoms with Crippen molar-refractivity contribution < 1.29 is 18.9 Å². The first-order valence-corrected chi connectivity index (χ1v) is 5.71. The molecule has 0 saturated carbocycles. The summed E-state index contributed by atoms with van der Waals surface area (Å²) < 4.78 is 9.91. The first kappa shape index (κ1) is 13.5. The van der Waals surface area contributed by atoms with Gasteiger partial charge in [0.15, 0.2) is 0 Å². The van der Waals surface area contributed by atoms with E-state index in [1.807, 2.05) is 0 Å². The van der Waals surface area contributed by atoms with E-state index in [1.165, 1.54) is 25.3 Å². The monoisotopic (exact) mass is 273 g/mol. The molecule has 2 aromatic rings. The van der Waals surface area contributed by atoms with Crippen molar-refractivity contribution in [2.24, 2.45) is 0 Å². The van der Waals surface area contributed by atoms with Crippen molar-refractivity contribution in [2.75, 3.05) is 7.11 Å². The molecule has 0 N–H and O–H groups in total. The third-order valence-corrected chi connectivity index (χ3v) is 2.58. The molecule has 0 radical (unpaired) electrons. The summed E-state index contributed by atoms with van der Waals surface area (Å²) in [7, 11) is 1.27. The smallest absolute Gasteiger partial charge is 0.330 e. The van der Waals surface area contributed by atoms with Crippen LogP contribution in [0, 0.1) is 10.1 Å². The van der Waals surface area contributed by atoms with Crippen molar-refractivity contribution in [1.29, 1.82) is 0 Å². The zero-order valence-corrected chi connectivity index (χ0v) is 10.6. The van der Waals surface area contributed by atoms with E-state index in [0.717, 1.165) is 0 Å². The number of benzene rings is 1. The number of esters is 1. The maximum atomic E-state index is 11.0. The van der Waals surface area contributed by atoms with Crippen LogP contribution in [0.1, 0.15) is 5.76 Å². The molecule has 0 aliphatic rings. The van der Waals surface area contributed by atoms with Crippen LogP contribution in [0.15, 0.2) is 46.9 Å². The van der Waals surface area contributed by atoms with E-state index in [0.29, 0.717) is 17.1 Å². The fourth-order valence-corrected chi connectivity index (χ4v) is 1.65. The minimum absolute atomic E-state index is 0.0367. The SMILES string of the molecule is COC(=O)/C=C/c1ccc(-c2ccccc2[N+](=O)[O-])o1. The van der Waals surface area contributed by atoms with Gasteiger partial charge in [0.25, 0.3) is 5.69 Å².